The first-order valence-electron chi connectivity index (χ1n) is 9.23. The number of ether oxygens (including phenoxy) is 1. The Kier molecular flexibility index (Phi) is 4.50. The normalized spacial score (nSPS) is 18.1. The van der Waals surface area contributed by atoms with E-state index in [1.54, 1.807) is 12.1 Å². The minimum Gasteiger partial charge on any atom is -0.507 e. The largest absolute Gasteiger partial charge is 0.507 e. The number of phenolic OH excluding ortho intramolecular Hbond substituents is 2. The number of aliphatic hydroxyl groups excluding tert-OH is 1. The van der Waals surface area contributed by atoms with Crippen LogP contribution in [-0.2, 0) is 12.8 Å². The van der Waals surface area contributed by atoms with Gasteiger partial charge in [-0.15, -0.1) is 5.10 Å². The lowest BCUT2D eigenvalue weighted by Crippen LogP contribution is -2.82. The molecule has 2 aromatic rings. The lowest BCUT2D eigenvalue weighted by molar-refractivity contribution is -0.474. The first-order valence-corrected chi connectivity index (χ1v) is 9.23. The van der Waals surface area contributed by atoms with Crippen LogP contribution in [-0.4, -0.2) is 46.3 Å². The number of ketones is 2. The predicted molar refractivity (Wildman–Crippen MR) is 102 cm³/mol. The molecule has 0 aliphatic heterocycles. The molecule has 0 bridgehead atoms. The van der Waals surface area contributed by atoms with Gasteiger partial charge in [0.15, 0.2) is 5.78 Å². The van der Waals surface area contributed by atoms with E-state index >= 15 is 0 Å². The van der Waals surface area contributed by atoms with Gasteiger partial charge >= 0.3 is 0 Å². The molecule has 4 rings (SSSR count). The van der Waals surface area contributed by atoms with Crippen molar-refractivity contribution >= 4 is 17.3 Å². The van der Waals surface area contributed by atoms with Gasteiger partial charge in [-0.25, -0.2) is 5.84 Å². The minimum atomic E-state index is -0.559. The zero-order chi connectivity index (χ0) is 20.9. The molecule has 0 amide bonds. The second-order valence-corrected chi connectivity index (χ2v) is 7.21. The average molecular weight is 397 g/mol. The maximum Gasteiger partial charge on any atom is 0.208 e. The van der Waals surface area contributed by atoms with Crippen LogP contribution in [0, 0.1) is 5.92 Å². The highest BCUT2D eigenvalue weighted by molar-refractivity contribution is 6.31. The summed E-state index contributed by atoms with van der Waals surface area (Å²) < 4.78 is 5.23. The van der Waals surface area contributed by atoms with Crippen LogP contribution in [0.2, 0.25) is 0 Å². The maximum absolute atomic E-state index is 13.2. The van der Waals surface area contributed by atoms with Gasteiger partial charge in [0.25, 0.3) is 0 Å². The van der Waals surface area contributed by atoms with Gasteiger partial charge in [-0.05, 0) is 25.3 Å². The maximum atomic E-state index is 13.2. The standard InChI is InChI=1S/C21H20N2O6/c1-29-14-4-2-3-11-15(14)21(28)17-16(19(11)26)20(27)12-7-9(13(8-24)23-22)5-6-10(12)18(17)25/h2-4,9,24-25,27H,5-8,22H2,1H3/p+1/b23-13+/t9-/m0/s1. The number of methoxy groups -OCH3 is 1. The molecule has 8 heteroatoms. The van der Waals surface area contributed by atoms with Crippen LogP contribution in [0.15, 0.2) is 18.2 Å². The molecule has 0 fully saturated rings. The van der Waals surface area contributed by atoms with Crippen LogP contribution in [0.4, 0.5) is 0 Å². The van der Waals surface area contributed by atoms with E-state index in [0.717, 1.165) is 0 Å². The summed E-state index contributed by atoms with van der Waals surface area (Å²) >= 11 is 0. The van der Waals surface area contributed by atoms with Crippen LogP contribution in [0.5, 0.6) is 17.2 Å². The van der Waals surface area contributed by atoms with E-state index in [-0.39, 0.29) is 58.4 Å². The van der Waals surface area contributed by atoms with Gasteiger partial charge in [0.1, 0.15) is 23.9 Å². The first-order chi connectivity index (χ1) is 13.9. The summed E-state index contributed by atoms with van der Waals surface area (Å²) in [5, 5.41) is 33.8. The lowest BCUT2D eigenvalue weighted by atomic mass is 9.74. The van der Waals surface area contributed by atoms with Crippen LogP contribution in [0.1, 0.15) is 49.4 Å². The van der Waals surface area contributed by atoms with Crippen molar-refractivity contribution in [1.29, 1.82) is 0 Å². The molecule has 1 atom stereocenters. The van der Waals surface area contributed by atoms with Gasteiger partial charge in [0.05, 0.1) is 23.8 Å². The van der Waals surface area contributed by atoms with Crippen LogP contribution >= 0.6 is 0 Å². The number of hydrazine groups is 1. The number of benzene rings is 2. The Balaban J connectivity index is 1.93. The molecule has 0 radical (unpaired) electrons. The second kappa shape index (κ2) is 6.89. The molecule has 0 unspecified atom stereocenters. The SMILES string of the molecule is COc1cccc2c1C(=O)c1c(O)c3c(c(O)c1C2=O)C[C@@H](/C(CO)=[NH+]/N)CC3. The molecule has 2 aromatic carbocycles. The number of carbonyl (C=O) groups excluding carboxylic acids is 2. The Morgan fingerprint density at radius 1 is 1.14 bits per heavy atom. The Bertz CT molecular complexity index is 1090. The molecule has 8 nitrogen and oxygen atoms in total. The molecule has 6 N–H and O–H groups in total. The van der Waals surface area contributed by atoms with Gasteiger partial charge in [0.2, 0.25) is 11.5 Å². The van der Waals surface area contributed by atoms with E-state index in [1.807, 2.05) is 0 Å². The van der Waals surface area contributed by atoms with E-state index in [0.29, 0.717) is 29.7 Å². The number of carbonyl (C=O) groups is 2. The third-order valence-corrected chi connectivity index (χ3v) is 5.87. The Labute approximate surface area is 166 Å². The summed E-state index contributed by atoms with van der Waals surface area (Å²) in [5.74, 6) is 3.82. The van der Waals surface area contributed by atoms with E-state index in [1.165, 1.54) is 13.2 Å². The van der Waals surface area contributed by atoms with Crippen molar-refractivity contribution in [2.24, 2.45) is 11.8 Å². The molecule has 0 saturated heterocycles. The van der Waals surface area contributed by atoms with Crippen molar-refractivity contribution in [2.45, 2.75) is 19.3 Å². The fourth-order valence-electron chi connectivity index (χ4n) is 4.40. The fourth-order valence-corrected chi connectivity index (χ4v) is 4.40. The second-order valence-electron chi connectivity index (χ2n) is 7.21. The molecular formula is C21H21N2O6+. The molecule has 150 valence electrons. The van der Waals surface area contributed by atoms with Crippen molar-refractivity contribution in [3.05, 3.63) is 51.6 Å². The topological polar surface area (TPSA) is 144 Å². The molecule has 0 spiro atoms. The number of nitrogens with one attached hydrogen (secondary N) is 1. The van der Waals surface area contributed by atoms with E-state index in [2.05, 4.69) is 5.10 Å². The summed E-state index contributed by atoms with van der Waals surface area (Å²) in [4.78, 5) is 26.3. The summed E-state index contributed by atoms with van der Waals surface area (Å²) in [6, 6.07) is 4.66. The summed E-state index contributed by atoms with van der Waals surface area (Å²) in [6.45, 7) is -0.265. The highest BCUT2D eigenvalue weighted by Gasteiger charge is 2.41. The molecule has 0 aromatic heterocycles. The Hall–Kier alpha value is -3.39. The summed E-state index contributed by atoms with van der Waals surface area (Å²) in [5.41, 5.74) is 1.15. The summed E-state index contributed by atoms with van der Waals surface area (Å²) in [6.07, 6.45) is 1.19. The summed E-state index contributed by atoms with van der Waals surface area (Å²) in [7, 11) is 1.40. The highest BCUT2D eigenvalue weighted by Crippen LogP contribution is 2.47. The third-order valence-electron chi connectivity index (χ3n) is 5.87. The van der Waals surface area contributed by atoms with Crippen molar-refractivity contribution < 1.29 is 34.7 Å². The Morgan fingerprint density at radius 3 is 2.48 bits per heavy atom. The monoisotopic (exact) mass is 397 g/mol. The number of hydrazone groups is 1. The van der Waals surface area contributed by atoms with Gasteiger partial charge in [-0.2, -0.15) is 0 Å². The van der Waals surface area contributed by atoms with Crippen LogP contribution < -0.4 is 15.7 Å². The van der Waals surface area contributed by atoms with Gasteiger partial charge in [-0.1, -0.05) is 12.1 Å². The van der Waals surface area contributed by atoms with Crippen molar-refractivity contribution in [3.63, 3.8) is 0 Å². The Morgan fingerprint density at radius 2 is 1.83 bits per heavy atom. The molecule has 29 heavy (non-hydrogen) atoms. The number of hydrogen-bond acceptors (Lipinski definition) is 7. The van der Waals surface area contributed by atoms with Crippen molar-refractivity contribution in [1.82, 2.24) is 0 Å². The molecular weight excluding hydrogens is 376 g/mol. The van der Waals surface area contributed by atoms with Gasteiger partial charge < -0.3 is 20.1 Å². The average Bonchev–Trinajstić information content (AvgIpc) is 2.74. The number of rotatable bonds is 3. The van der Waals surface area contributed by atoms with Crippen LogP contribution in [0.25, 0.3) is 0 Å². The van der Waals surface area contributed by atoms with E-state index < -0.39 is 11.6 Å². The van der Waals surface area contributed by atoms with Crippen molar-refractivity contribution in [2.75, 3.05) is 13.7 Å². The minimum absolute atomic E-state index is 0.0825. The fraction of sp³-hybridized carbons (Fsp3) is 0.286. The zero-order valence-corrected chi connectivity index (χ0v) is 15.8. The number of phenols is 2. The highest BCUT2D eigenvalue weighted by atomic mass is 16.5. The number of hydrogen-bond donors (Lipinski definition) is 5. The molecule has 2 aliphatic carbocycles. The van der Waals surface area contributed by atoms with E-state index in [4.69, 9.17) is 10.6 Å². The number of aliphatic hydroxyl groups is 1. The number of aromatic hydroxyl groups is 2. The molecule has 0 saturated carbocycles. The third kappa shape index (κ3) is 2.60. The molecule has 2 aliphatic rings. The quantitative estimate of drug-likeness (QED) is 0.171. The van der Waals surface area contributed by atoms with Gasteiger partial charge in [-0.3, -0.25) is 9.59 Å². The van der Waals surface area contributed by atoms with E-state index in [9.17, 15) is 24.9 Å². The number of fused-ring (bicyclic) bond motifs is 3. The smallest absolute Gasteiger partial charge is 0.208 e. The predicted octanol–water partition coefficient (Wildman–Crippen LogP) is -0.626. The van der Waals surface area contributed by atoms with Gasteiger partial charge in [0, 0.05) is 22.6 Å². The zero-order valence-electron chi connectivity index (χ0n) is 15.8. The number of nitrogens with two attached hydrogens (primary N) is 1. The lowest BCUT2D eigenvalue weighted by Gasteiger charge is -2.29. The van der Waals surface area contributed by atoms with Crippen molar-refractivity contribution in [3.8, 4) is 17.2 Å². The van der Waals surface area contributed by atoms with Crippen LogP contribution in [0.3, 0.4) is 0 Å². The first kappa shape index (κ1) is 18.9. The molecule has 0 heterocycles.